The summed E-state index contributed by atoms with van der Waals surface area (Å²) in [7, 11) is 1.93. The molecule has 0 unspecified atom stereocenters. The van der Waals surface area contributed by atoms with E-state index in [0.29, 0.717) is 6.54 Å². The second kappa shape index (κ2) is 6.35. The molecule has 1 rings (SSSR count). The predicted molar refractivity (Wildman–Crippen MR) is 69.7 cm³/mol. The van der Waals surface area contributed by atoms with Gasteiger partial charge < -0.3 is 10.2 Å². The van der Waals surface area contributed by atoms with E-state index in [9.17, 15) is 4.39 Å². The van der Waals surface area contributed by atoms with Crippen molar-refractivity contribution in [2.45, 2.75) is 20.4 Å². The Labute approximate surface area is 102 Å². The van der Waals surface area contributed by atoms with Crippen molar-refractivity contribution in [3.63, 3.8) is 0 Å². The van der Waals surface area contributed by atoms with Gasteiger partial charge in [-0.25, -0.2) is 9.37 Å². The van der Waals surface area contributed by atoms with Crippen LogP contribution in [0.2, 0.25) is 0 Å². The Kier molecular flexibility index (Phi) is 5.10. The number of nitrogens with one attached hydrogen (secondary N) is 1. The lowest BCUT2D eigenvalue weighted by atomic mass is 10.2. The first-order chi connectivity index (χ1) is 8.04. The molecule has 0 amide bonds. The maximum absolute atomic E-state index is 13.2. The highest BCUT2D eigenvalue weighted by Crippen LogP contribution is 2.18. The number of halogens is 1. The summed E-state index contributed by atoms with van der Waals surface area (Å²) in [6, 6.07) is 1.53. The molecule has 3 nitrogen and oxygen atoms in total. The van der Waals surface area contributed by atoms with Crippen LogP contribution in [-0.2, 0) is 6.54 Å². The molecule has 4 heteroatoms. The highest BCUT2D eigenvalue weighted by Gasteiger charge is 2.10. The standard InChI is InChI=1S/C13H20FN3/c1-5-15-7-11-6-12(14)8-16-13(11)17(4)9-10(2)3/h6,8,15H,2,5,7,9H2,1,3-4H3. The number of anilines is 1. The Bertz CT molecular complexity index is 390. The van der Waals surface area contributed by atoms with Gasteiger partial charge in [-0.05, 0) is 19.5 Å². The molecule has 0 radical (unpaired) electrons. The molecular weight excluding hydrogens is 217 g/mol. The fourth-order valence-corrected chi connectivity index (χ4v) is 1.69. The van der Waals surface area contributed by atoms with Crippen LogP contribution in [0.1, 0.15) is 19.4 Å². The van der Waals surface area contributed by atoms with E-state index in [-0.39, 0.29) is 5.82 Å². The third-order valence-electron chi connectivity index (χ3n) is 2.34. The smallest absolute Gasteiger partial charge is 0.141 e. The Morgan fingerprint density at radius 1 is 1.59 bits per heavy atom. The van der Waals surface area contributed by atoms with Gasteiger partial charge in [0, 0.05) is 25.7 Å². The van der Waals surface area contributed by atoms with Crippen LogP contribution in [0.4, 0.5) is 10.2 Å². The predicted octanol–water partition coefficient (Wildman–Crippen LogP) is 2.34. The number of nitrogens with zero attached hydrogens (tertiary/aromatic N) is 2. The van der Waals surface area contributed by atoms with E-state index in [0.717, 1.165) is 30.0 Å². The number of aromatic nitrogens is 1. The van der Waals surface area contributed by atoms with Crippen molar-refractivity contribution in [3.8, 4) is 0 Å². The average Bonchev–Trinajstić information content (AvgIpc) is 2.25. The lowest BCUT2D eigenvalue weighted by molar-refractivity contribution is 0.613. The van der Waals surface area contributed by atoms with Gasteiger partial charge >= 0.3 is 0 Å². The van der Waals surface area contributed by atoms with Crippen LogP contribution in [-0.4, -0.2) is 25.1 Å². The monoisotopic (exact) mass is 237 g/mol. The third kappa shape index (κ3) is 4.15. The van der Waals surface area contributed by atoms with Crippen molar-refractivity contribution < 1.29 is 4.39 Å². The molecule has 0 spiro atoms. The molecule has 0 aliphatic carbocycles. The van der Waals surface area contributed by atoms with Crippen LogP contribution in [0.3, 0.4) is 0 Å². The van der Waals surface area contributed by atoms with Crippen molar-refractivity contribution in [3.05, 3.63) is 35.8 Å². The molecule has 0 saturated carbocycles. The topological polar surface area (TPSA) is 28.2 Å². The van der Waals surface area contributed by atoms with Crippen molar-refractivity contribution in [2.24, 2.45) is 0 Å². The molecule has 0 bridgehead atoms. The molecule has 0 aliphatic rings. The largest absolute Gasteiger partial charge is 0.355 e. The molecule has 17 heavy (non-hydrogen) atoms. The third-order valence-corrected chi connectivity index (χ3v) is 2.34. The summed E-state index contributed by atoms with van der Waals surface area (Å²) in [5, 5.41) is 3.18. The highest BCUT2D eigenvalue weighted by atomic mass is 19.1. The Morgan fingerprint density at radius 2 is 2.29 bits per heavy atom. The summed E-state index contributed by atoms with van der Waals surface area (Å²) in [6.07, 6.45) is 1.25. The molecular formula is C13H20FN3. The number of hydrogen-bond donors (Lipinski definition) is 1. The zero-order chi connectivity index (χ0) is 12.8. The van der Waals surface area contributed by atoms with Gasteiger partial charge in [0.2, 0.25) is 0 Å². The van der Waals surface area contributed by atoms with E-state index in [1.54, 1.807) is 0 Å². The lowest BCUT2D eigenvalue weighted by Crippen LogP contribution is -2.23. The van der Waals surface area contributed by atoms with Gasteiger partial charge in [-0.1, -0.05) is 19.1 Å². The van der Waals surface area contributed by atoms with Crippen LogP contribution in [0.5, 0.6) is 0 Å². The first kappa shape index (κ1) is 13.6. The molecule has 94 valence electrons. The van der Waals surface area contributed by atoms with Crippen LogP contribution in [0, 0.1) is 5.82 Å². The molecule has 0 atom stereocenters. The summed E-state index contributed by atoms with van der Waals surface area (Å²) in [5.41, 5.74) is 1.92. The summed E-state index contributed by atoms with van der Waals surface area (Å²) in [6.45, 7) is 10.0. The molecule has 0 saturated heterocycles. The molecule has 1 aromatic rings. The van der Waals surface area contributed by atoms with Gasteiger partial charge in [-0.2, -0.15) is 0 Å². The van der Waals surface area contributed by atoms with Gasteiger partial charge in [0.25, 0.3) is 0 Å². The first-order valence-electron chi connectivity index (χ1n) is 5.75. The summed E-state index contributed by atoms with van der Waals surface area (Å²) >= 11 is 0. The zero-order valence-electron chi connectivity index (χ0n) is 10.8. The lowest BCUT2D eigenvalue weighted by Gasteiger charge is -2.21. The Hall–Kier alpha value is -1.42. The summed E-state index contributed by atoms with van der Waals surface area (Å²) in [5.74, 6) is 0.501. The average molecular weight is 237 g/mol. The minimum Gasteiger partial charge on any atom is -0.355 e. The first-order valence-corrected chi connectivity index (χ1v) is 5.75. The van der Waals surface area contributed by atoms with Gasteiger partial charge in [0.15, 0.2) is 0 Å². The quantitative estimate of drug-likeness (QED) is 0.770. The minimum atomic E-state index is -0.301. The summed E-state index contributed by atoms with van der Waals surface area (Å²) in [4.78, 5) is 6.13. The second-order valence-electron chi connectivity index (χ2n) is 4.23. The normalized spacial score (nSPS) is 10.4. The van der Waals surface area contributed by atoms with Crippen molar-refractivity contribution >= 4 is 5.82 Å². The highest BCUT2D eigenvalue weighted by molar-refractivity contribution is 5.47. The molecule has 1 heterocycles. The van der Waals surface area contributed by atoms with E-state index in [1.165, 1.54) is 12.3 Å². The van der Waals surface area contributed by atoms with E-state index in [2.05, 4.69) is 16.9 Å². The van der Waals surface area contributed by atoms with Crippen molar-refractivity contribution in [1.82, 2.24) is 10.3 Å². The molecule has 0 fully saturated rings. The maximum atomic E-state index is 13.2. The van der Waals surface area contributed by atoms with Gasteiger partial charge in [-0.15, -0.1) is 0 Å². The Balaban J connectivity index is 2.92. The van der Waals surface area contributed by atoms with Gasteiger partial charge in [0.1, 0.15) is 11.6 Å². The van der Waals surface area contributed by atoms with E-state index < -0.39 is 0 Å². The zero-order valence-corrected chi connectivity index (χ0v) is 10.8. The van der Waals surface area contributed by atoms with Crippen LogP contribution >= 0.6 is 0 Å². The van der Waals surface area contributed by atoms with E-state index >= 15 is 0 Å². The SMILES string of the molecule is C=C(C)CN(C)c1ncc(F)cc1CNCC. The summed E-state index contributed by atoms with van der Waals surface area (Å²) < 4.78 is 13.2. The van der Waals surface area contributed by atoms with E-state index in [4.69, 9.17) is 0 Å². The van der Waals surface area contributed by atoms with Crippen LogP contribution < -0.4 is 10.2 Å². The van der Waals surface area contributed by atoms with Crippen LogP contribution in [0.25, 0.3) is 0 Å². The van der Waals surface area contributed by atoms with Crippen molar-refractivity contribution in [1.29, 1.82) is 0 Å². The Morgan fingerprint density at radius 3 is 2.88 bits per heavy atom. The van der Waals surface area contributed by atoms with E-state index in [1.807, 2.05) is 25.8 Å². The van der Waals surface area contributed by atoms with Crippen molar-refractivity contribution in [2.75, 3.05) is 25.0 Å². The fraction of sp³-hybridized carbons (Fsp3) is 0.462. The molecule has 0 aromatic carbocycles. The minimum absolute atomic E-state index is 0.301. The fourth-order valence-electron chi connectivity index (χ4n) is 1.69. The van der Waals surface area contributed by atoms with Gasteiger partial charge in [0.05, 0.1) is 6.20 Å². The molecule has 1 N–H and O–H groups in total. The maximum Gasteiger partial charge on any atom is 0.141 e. The van der Waals surface area contributed by atoms with Crippen LogP contribution in [0.15, 0.2) is 24.4 Å². The number of pyridine rings is 1. The number of likely N-dealkylation sites (N-methyl/N-ethyl adjacent to an activating group) is 1. The number of hydrogen-bond acceptors (Lipinski definition) is 3. The second-order valence-corrected chi connectivity index (χ2v) is 4.23. The van der Waals surface area contributed by atoms with Gasteiger partial charge in [-0.3, -0.25) is 0 Å². The molecule has 1 aromatic heterocycles. The molecule has 0 aliphatic heterocycles. The number of rotatable bonds is 6.